The third-order valence-corrected chi connectivity index (χ3v) is 4.74. The monoisotopic (exact) mass is 338 g/mol. The number of benzene rings is 2. The molecule has 0 bridgehead atoms. The standard InChI is InChI=1S/C16H12Cl2O2S/c1-9-7-12(18)8-13-14(9)20-15(16(13)21(2)19)10-3-5-11(17)6-4-10/h3-8H,1-2H3. The zero-order chi connectivity index (χ0) is 15.1. The zero-order valence-corrected chi connectivity index (χ0v) is 13.8. The van der Waals surface area contributed by atoms with Crippen LogP contribution in [0.4, 0.5) is 0 Å². The van der Waals surface area contributed by atoms with Crippen LogP contribution in [-0.4, -0.2) is 10.5 Å². The van der Waals surface area contributed by atoms with E-state index >= 15 is 0 Å². The first-order valence-corrected chi connectivity index (χ1v) is 8.61. The maximum atomic E-state index is 12.2. The van der Waals surface area contributed by atoms with E-state index in [9.17, 15) is 4.21 Å². The van der Waals surface area contributed by atoms with Crippen LogP contribution in [0.15, 0.2) is 45.7 Å². The molecule has 0 aliphatic heterocycles. The molecule has 0 fully saturated rings. The van der Waals surface area contributed by atoms with Crippen LogP contribution >= 0.6 is 23.2 Å². The molecule has 108 valence electrons. The van der Waals surface area contributed by atoms with Crippen molar-refractivity contribution in [2.45, 2.75) is 11.8 Å². The van der Waals surface area contributed by atoms with Crippen LogP contribution < -0.4 is 0 Å². The van der Waals surface area contributed by atoms with Crippen molar-refractivity contribution in [2.75, 3.05) is 6.26 Å². The Morgan fingerprint density at radius 1 is 1.05 bits per heavy atom. The zero-order valence-electron chi connectivity index (χ0n) is 11.4. The molecule has 0 spiro atoms. The van der Waals surface area contributed by atoms with Crippen molar-refractivity contribution in [3.05, 3.63) is 52.0 Å². The highest BCUT2D eigenvalue weighted by Crippen LogP contribution is 2.38. The predicted octanol–water partition coefficient (Wildman–Crippen LogP) is 5.45. The molecule has 1 heterocycles. The minimum atomic E-state index is -1.19. The van der Waals surface area contributed by atoms with Crippen LogP contribution in [-0.2, 0) is 10.8 Å². The Morgan fingerprint density at radius 3 is 2.33 bits per heavy atom. The average Bonchev–Trinajstić information content (AvgIpc) is 2.79. The van der Waals surface area contributed by atoms with Gasteiger partial charge >= 0.3 is 0 Å². The van der Waals surface area contributed by atoms with Gasteiger partial charge in [-0.3, -0.25) is 4.21 Å². The van der Waals surface area contributed by atoms with Crippen molar-refractivity contribution in [2.24, 2.45) is 0 Å². The topological polar surface area (TPSA) is 30.2 Å². The van der Waals surface area contributed by atoms with Crippen molar-refractivity contribution in [3.63, 3.8) is 0 Å². The third-order valence-electron chi connectivity index (χ3n) is 3.29. The van der Waals surface area contributed by atoms with Gasteiger partial charge in [0.25, 0.3) is 0 Å². The summed E-state index contributed by atoms with van der Waals surface area (Å²) in [5.74, 6) is 0.605. The fourth-order valence-electron chi connectivity index (χ4n) is 2.38. The highest BCUT2D eigenvalue weighted by molar-refractivity contribution is 7.84. The third kappa shape index (κ3) is 2.61. The Hall–Kier alpha value is -1.29. The quantitative estimate of drug-likeness (QED) is 0.621. The molecule has 0 N–H and O–H groups in total. The molecule has 0 radical (unpaired) electrons. The Balaban J connectivity index is 2.37. The molecule has 1 aromatic heterocycles. The van der Waals surface area contributed by atoms with Gasteiger partial charge in [-0.25, -0.2) is 0 Å². The van der Waals surface area contributed by atoms with Gasteiger partial charge in [0.15, 0.2) is 5.76 Å². The van der Waals surface area contributed by atoms with Crippen LogP contribution in [0.5, 0.6) is 0 Å². The van der Waals surface area contributed by atoms with E-state index in [0.29, 0.717) is 20.7 Å². The van der Waals surface area contributed by atoms with Gasteiger partial charge in [-0.15, -0.1) is 0 Å². The number of halogens is 2. The molecule has 5 heteroatoms. The molecule has 3 aromatic rings. The minimum Gasteiger partial charge on any atom is -0.454 e. The molecule has 0 amide bonds. The van der Waals surface area contributed by atoms with E-state index in [-0.39, 0.29) is 0 Å². The fourth-order valence-corrected chi connectivity index (χ4v) is 3.66. The lowest BCUT2D eigenvalue weighted by Crippen LogP contribution is -1.89. The van der Waals surface area contributed by atoms with Gasteiger partial charge in [-0.05, 0) is 48.9 Å². The van der Waals surface area contributed by atoms with Gasteiger partial charge in [-0.1, -0.05) is 23.2 Å². The Morgan fingerprint density at radius 2 is 1.71 bits per heavy atom. The van der Waals surface area contributed by atoms with Crippen LogP contribution in [0.2, 0.25) is 10.0 Å². The van der Waals surface area contributed by atoms with Crippen molar-refractivity contribution < 1.29 is 8.63 Å². The van der Waals surface area contributed by atoms with Gasteiger partial charge in [0.1, 0.15) is 5.58 Å². The van der Waals surface area contributed by atoms with Gasteiger partial charge in [0.2, 0.25) is 0 Å². The summed E-state index contributed by atoms with van der Waals surface area (Å²) in [6.07, 6.45) is 1.64. The van der Waals surface area contributed by atoms with E-state index in [0.717, 1.165) is 22.1 Å². The van der Waals surface area contributed by atoms with Gasteiger partial charge in [0.05, 0.1) is 15.7 Å². The largest absolute Gasteiger partial charge is 0.454 e. The van der Waals surface area contributed by atoms with Crippen molar-refractivity contribution in [3.8, 4) is 11.3 Å². The van der Waals surface area contributed by atoms with Gasteiger partial charge < -0.3 is 4.42 Å². The van der Waals surface area contributed by atoms with E-state index in [2.05, 4.69) is 0 Å². The number of rotatable bonds is 2. The second-order valence-electron chi connectivity index (χ2n) is 4.82. The molecule has 2 nitrogen and oxygen atoms in total. The van der Waals surface area contributed by atoms with Crippen molar-refractivity contribution >= 4 is 45.0 Å². The molecule has 0 saturated heterocycles. The maximum absolute atomic E-state index is 12.2. The van der Waals surface area contributed by atoms with E-state index < -0.39 is 10.8 Å². The summed E-state index contributed by atoms with van der Waals surface area (Å²) < 4.78 is 18.2. The average molecular weight is 339 g/mol. The molecule has 21 heavy (non-hydrogen) atoms. The summed E-state index contributed by atoms with van der Waals surface area (Å²) in [6, 6.07) is 10.9. The summed E-state index contributed by atoms with van der Waals surface area (Å²) >= 11 is 12.0. The molecule has 3 rings (SSSR count). The minimum absolute atomic E-state index is 0.605. The fraction of sp³-hybridized carbons (Fsp3) is 0.125. The SMILES string of the molecule is Cc1cc(Cl)cc2c(S(C)=O)c(-c3ccc(Cl)cc3)oc12. The second kappa shape index (κ2) is 5.48. The predicted molar refractivity (Wildman–Crippen MR) is 88.7 cm³/mol. The normalized spacial score (nSPS) is 12.8. The molecular weight excluding hydrogens is 327 g/mol. The van der Waals surface area contributed by atoms with E-state index in [1.807, 2.05) is 25.1 Å². The lowest BCUT2D eigenvalue weighted by Gasteiger charge is -2.00. The number of hydrogen-bond donors (Lipinski definition) is 0. The van der Waals surface area contributed by atoms with Crippen LogP contribution in [0, 0.1) is 6.92 Å². The van der Waals surface area contributed by atoms with E-state index in [1.165, 1.54) is 0 Å². The highest BCUT2D eigenvalue weighted by atomic mass is 35.5. The number of aryl methyl sites for hydroxylation is 1. The molecule has 0 aliphatic carbocycles. The van der Waals surface area contributed by atoms with Crippen molar-refractivity contribution in [1.29, 1.82) is 0 Å². The van der Waals surface area contributed by atoms with E-state index in [1.54, 1.807) is 24.5 Å². The summed E-state index contributed by atoms with van der Waals surface area (Å²) in [5, 5.41) is 2.05. The van der Waals surface area contributed by atoms with Gasteiger partial charge in [-0.2, -0.15) is 0 Å². The summed E-state index contributed by atoms with van der Waals surface area (Å²) in [6.45, 7) is 1.92. The Kier molecular flexibility index (Phi) is 3.82. The number of furan rings is 1. The number of fused-ring (bicyclic) bond motifs is 1. The maximum Gasteiger partial charge on any atom is 0.151 e. The molecule has 1 unspecified atom stereocenters. The smallest absolute Gasteiger partial charge is 0.151 e. The summed E-state index contributed by atoms with van der Waals surface area (Å²) in [5.41, 5.74) is 2.48. The lowest BCUT2D eigenvalue weighted by atomic mass is 10.1. The Bertz CT molecular complexity index is 851. The number of hydrogen-bond acceptors (Lipinski definition) is 2. The molecular formula is C16H12Cl2O2S. The molecule has 2 aromatic carbocycles. The van der Waals surface area contributed by atoms with E-state index in [4.69, 9.17) is 27.6 Å². The molecule has 1 atom stereocenters. The highest BCUT2D eigenvalue weighted by Gasteiger charge is 2.20. The first-order valence-electron chi connectivity index (χ1n) is 6.29. The summed E-state index contributed by atoms with van der Waals surface area (Å²) in [7, 11) is -1.19. The summed E-state index contributed by atoms with van der Waals surface area (Å²) in [4.78, 5) is 0.665. The first-order chi connectivity index (χ1) is 9.97. The van der Waals surface area contributed by atoms with Crippen LogP contribution in [0.25, 0.3) is 22.3 Å². The van der Waals surface area contributed by atoms with Crippen LogP contribution in [0.1, 0.15) is 5.56 Å². The first kappa shape index (κ1) is 14.6. The van der Waals surface area contributed by atoms with Crippen molar-refractivity contribution in [1.82, 2.24) is 0 Å². The molecule has 0 saturated carbocycles. The molecule has 0 aliphatic rings. The van der Waals surface area contributed by atoms with Gasteiger partial charge in [0, 0.05) is 27.3 Å². The Labute approximate surface area is 135 Å². The second-order valence-corrected chi connectivity index (χ2v) is 7.01. The lowest BCUT2D eigenvalue weighted by molar-refractivity contribution is 0.620. The van der Waals surface area contributed by atoms with Crippen LogP contribution in [0.3, 0.4) is 0 Å².